The molecule has 5 nitrogen and oxygen atoms in total. The number of carbonyl (C=O) groups is 1. The molecule has 0 radical (unpaired) electrons. The predicted octanol–water partition coefficient (Wildman–Crippen LogP) is 1.63. The first-order valence-electron chi connectivity index (χ1n) is 7.18. The minimum absolute atomic E-state index is 0.0763. The van der Waals surface area contributed by atoms with Crippen LogP contribution in [0.15, 0.2) is 12.4 Å². The van der Waals surface area contributed by atoms with Gasteiger partial charge in [0.25, 0.3) is 0 Å². The van der Waals surface area contributed by atoms with E-state index in [1.54, 1.807) is 6.20 Å². The fourth-order valence-corrected chi connectivity index (χ4v) is 2.37. The third-order valence-electron chi connectivity index (χ3n) is 3.40. The lowest BCUT2D eigenvalue weighted by atomic mass is 10.1. The van der Waals surface area contributed by atoms with Gasteiger partial charge in [-0.15, -0.1) is 0 Å². The van der Waals surface area contributed by atoms with Gasteiger partial charge in [0.1, 0.15) is 0 Å². The highest BCUT2D eigenvalue weighted by Crippen LogP contribution is 2.09. The lowest BCUT2D eigenvalue weighted by Gasteiger charge is -2.22. The van der Waals surface area contributed by atoms with Crippen molar-refractivity contribution in [3.05, 3.63) is 18.2 Å². The molecule has 0 aromatic carbocycles. The summed E-state index contributed by atoms with van der Waals surface area (Å²) in [5.74, 6) is 0.642. The third-order valence-corrected chi connectivity index (χ3v) is 3.40. The van der Waals surface area contributed by atoms with E-state index in [0.29, 0.717) is 25.0 Å². The van der Waals surface area contributed by atoms with E-state index in [1.807, 2.05) is 10.8 Å². The Morgan fingerprint density at radius 2 is 2.32 bits per heavy atom. The van der Waals surface area contributed by atoms with Gasteiger partial charge >= 0.3 is 0 Å². The summed E-state index contributed by atoms with van der Waals surface area (Å²) in [6, 6.07) is 0. The van der Waals surface area contributed by atoms with Crippen LogP contribution in [0.3, 0.4) is 0 Å². The van der Waals surface area contributed by atoms with Gasteiger partial charge in [0.2, 0.25) is 5.78 Å². The number of ether oxygens (including phenoxy) is 1. The number of Topliss-reactive ketones (excluding diaryl/α,β-unsaturated/α-hetero) is 1. The number of rotatable bonds is 7. The van der Waals surface area contributed by atoms with Crippen molar-refractivity contribution in [1.29, 1.82) is 0 Å². The Balaban J connectivity index is 1.75. The minimum atomic E-state index is 0.0763. The summed E-state index contributed by atoms with van der Waals surface area (Å²) in [4.78, 5) is 16.2. The molecule has 1 fully saturated rings. The molecule has 106 valence electrons. The van der Waals surface area contributed by atoms with E-state index in [1.165, 1.54) is 0 Å². The number of nitrogens with zero attached hydrogens (tertiary/aromatic N) is 2. The molecule has 1 N–H and O–H groups in total. The van der Waals surface area contributed by atoms with Crippen molar-refractivity contribution in [3.63, 3.8) is 0 Å². The van der Waals surface area contributed by atoms with Gasteiger partial charge in [0.15, 0.2) is 5.82 Å². The van der Waals surface area contributed by atoms with Crippen molar-refractivity contribution in [1.82, 2.24) is 14.9 Å². The highest BCUT2D eigenvalue weighted by Gasteiger charge is 2.16. The highest BCUT2D eigenvalue weighted by atomic mass is 16.5. The minimum Gasteiger partial charge on any atom is -0.378 e. The van der Waals surface area contributed by atoms with Crippen molar-refractivity contribution in [3.8, 4) is 0 Å². The molecule has 0 amide bonds. The summed E-state index contributed by atoms with van der Waals surface area (Å²) in [7, 11) is 0. The molecule has 2 rings (SSSR count). The Bertz CT molecular complexity index is 397. The van der Waals surface area contributed by atoms with Crippen LogP contribution in [0.2, 0.25) is 0 Å². The average molecular weight is 265 g/mol. The van der Waals surface area contributed by atoms with E-state index < -0.39 is 0 Å². The molecular weight excluding hydrogens is 242 g/mol. The zero-order chi connectivity index (χ0) is 13.5. The van der Waals surface area contributed by atoms with E-state index in [4.69, 9.17) is 4.74 Å². The van der Waals surface area contributed by atoms with Gasteiger partial charge in [-0.1, -0.05) is 6.92 Å². The van der Waals surface area contributed by atoms with Gasteiger partial charge in [0.05, 0.1) is 12.7 Å². The van der Waals surface area contributed by atoms with Crippen LogP contribution in [0.5, 0.6) is 0 Å². The smallest absolute Gasteiger partial charge is 0.200 e. The summed E-state index contributed by atoms with van der Waals surface area (Å²) >= 11 is 0. The standard InChI is InChI=1S/C14H23N3O2/c1-2-9-17-10-8-16-14(17)13(18)5-11-19-12-3-6-15-7-4-12/h8,10,12,15H,2-7,9,11H2,1H3. The quantitative estimate of drug-likeness (QED) is 0.761. The highest BCUT2D eigenvalue weighted by molar-refractivity contribution is 5.92. The van der Waals surface area contributed by atoms with Crippen molar-refractivity contribution < 1.29 is 9.53 Å². The predicted molar refractivity (Wildman–Crippen MR) is 73.3 cm³/mol. The van der Waals surface area contributed by atoms with Gasteiger partial charge in [-0.05, 0) is 32.4 Å². The summed E-state index contributed by atoms with van der Waals surface area (Å²) in [6.07, 6.45) is 7.37. The molecule has 1 aliphatic heterocycles. The number of piperidine rings is 1. The molecular formula is C14H23N3O2. The number of hydrogen-bond acceptors (Lipinski definition) is 4. The van der Waals surface area contributed by atoms with Crippen molar-refractivity contribution in [2.24, 2.45) is 0 Å². The number of aryl methyl sites for hydroxylation is 1. The Labute approximate surface area is 114 Å². The Hall–Kier alpha value is -1.20. The third kappa shape index (κ3) is 4.14. The number of hydrogen-bond donors (Lipinski definition) is 1. The first kappa shape index (κ1) is 14.2. The fraction of sp³-hybridized carbons (Fsp3) is 0.714. The molecule has 0 bridgehead atoms. The number of ketones is 1. The lowest BCUT2D eigenvalue weighted by Crippen LogP contribution is -2.32. The van der Waals surface area contributed by atoms with Crippen molar-refractivity contribution >= 4 is 5.78 Å². The van der Waals surface area contributed by atoms with Crippen LogP contribution < -0.4 is 5.32 Å². The van der Waals surface area contributed by atoms with Crippen molar-refractivity contribution in [2.75, 3.05) is 19.7 Å². The van der Waals surface area contributed by atoms with Crippen LogP contribution in [0.4, 0.5) is 0 Å². The van der Waals surface area contributed by atoms with Gasteiger partial charge in [-0.2, -0.15) is 0 Å². The SMILES string of the molecule is CCCn1ccnc1C(=O)CCOC1CCNCC1. The number of carbonyl (C=O) groups excluding carboxylic acids is 1. The maximum atomic E-state index is 12.1. The Morgan fingerprint density at radius 3 is 3.05 bits per heavy atom. The second-order valence-corrected chi connectivity index (χ2v) is 4.94. The molecule has 0 aliphatic carbocycles. The molecule has 0 saturated carbocycles. The van der Waals surface area contributed by atoms with Crippen LogP contribution in [0, 0.1) is 0 Å². The summed E-state index contributed by atoms with van der Waals surface area (Å²) in [5.41, 5.74) is 0. The summed E-state index contributed by atoms with van der Waals surface area (Å²) in [6.45, 7) is 5.46. The van der Waals surface area contributed by atoms with Crippen molar-refractivity contribution in [2.45, 2.75) is 45.3 Å². The van der Waals surface area contributed by atoms with Crippen LogP contribution in [0.1, 0.15) is 43.2 Å². The number of nitrogens with one attached hydrogen (secondary N) is 1. The summed E-state index contributed by atoms with van der Waals surface area (Å²) < 4.78 is 7.68. The average Bonchev–Trinajstić information content (AvgIpc) is 2.89. The molecule has 0 spiro atoms. The molecule has 1 aromatic heterocycles. The lowest BCUT2D eigenvalue weighted by molar-refractivity contribution is 0.0311. The Morgan fingerprint density at radius 1 is 1.53 bits per heavy atom. The van der Waals surface area contributed by atoms with Gasteiger partial charge in [0, 0.05) is 25.4 Å². The molecule has 1 saturated heterocycles. The monoisotopic (exact) mass is 265 g/mol. The zero-order valence-electron chi connectivity index (χ0n) is 11.6. The van der Waals surface area contributed by atoms with E-state index >= 15 is 0 Å². The van der Waals surface area contributed by atoms with Crippen LogP contribution in [0.25, 0.3) is 0 Å². The molecule has 2 heterocycles. The molecule has 0 unspecified atom stereocenters. The molecule has 5 heteroatoms. The van der Waals surface area contributed by atoms with Gasteiger partial charge < -0.3 is 14.6 Å². The maximum absolute atomic E-state index is 12.1. The molecule has 1 aliphatic rings. The van der Waals surface area contributed by atoms with Crippen LogP contribution >= 0.6 is 0 Å². The molecule has 19 heavy (non-hydrogen) atoms. The largest absolute Gasteiger partial charge is 0.378 e. The van der Waals surface area contributed by atoms with Gasteiger partial charge in [-0.25, -0.2) is 4.98 Å². The fourth-order valence-electron chi connectivity index (χ4n) is 2.37. The van der Waals surface area contributed by atoms with E-state index in [-0.39, 0.29) is 5.78 Å². The molecule has 1 aromatic rings. The Kier molecular flexibility index (Phi) is 5.54. The van der Waals surface area contributed by atoms with Crippen LogP contribution in [-0.4, -0.2) is 41.1 Å². The topological polar surface area (TPSA) is 56.2 Å². The first-order valence-corrected chi connectivity index (χ1v) is 7.18. The molecule has 0 atom stereocenters. The van der Waals surface area contributed by atoms with Gasteiger partial charge in [-0.3, -0.25) is 4.79 Å². The maximum Gasteiger partial charge on any atom is 0.200 e. The number of imidazole rings is 1. The summed E-state index contributed by atoms with van der Waals surface area (Å²) in [5, 5.41) is 3.30. The van der Waals surface area contributed by atoms with Crippen LogP contribution in [-0.2, 0) is 11.3 Å². The van der Waals surface area contributed by atoms with E-state index in [0.717, 1.165) is 38.9 Å². The second-order valence-electron chi connectivity index (χ2n) is 4.94. The number of aromatic nitrogens is 2. The van der Waals surface area contributed by atoms with E-state index in [9.17, 15) is 4.79 Å². The second kappa shape index (κ2) is 7.40. The first-order chi connectivity index (χ1) is 9.31. The zero-order valence-corrected chi connectivity index (χ0v) is 11.6. The normalized spacial score (nSPS) is 16.7. The van der Waals surface area contributed by atoms with E-state index in [2.05, 4.69) is 17.2 Å².